The maximum Gasteiger partial charge on any atom is 0.306 e. The predicted octanol–water partition coefficient (Wildman–Crippen LogP) is 5.95. The molecule has 0 saturated carbocycles. The maximum absolute atomic E-state index is 12.2. The van der Waals surface area contributed by atoms with Gasteiger partial charge in [-0.1, -0.05) is 24.3 Å². The average Bonchev–Trinajstić information content (AvgIpc) is 3.69. The summed E-state index contributed by atoms with van der Waals surface area (Å²) in [6, 6.07) is 17.6. The summed E-state index contributed by atoms with van der Waals surface area (Å²) in [6.45, 7) is 7.73. The van der Waals surface area contributed by atoms with Crippen molar-refractivity contribution in [1.82, 2.24) is 9.80 Å². The summed E-state index contributed by atoms with van der Waals surface area (Å²) in [7, 11) is 0. The second kappa shape index (κ2) is 16.8. The van der Waals surface area contributed by atoms with Gasteiger partial charge in [-0.25, -0.2) is 0 Å². The van der Waals surface area contributed by atoms with Gasteiger partial charge < -0.3 is 18.9 Å². The van der Waals surface area contributed by atoms with Crippen molar-refractivity contribution < 1.29 is 28.5 Å². The van der Waals surface area contributed by atoms with E-state index in [9.17, 15) is 9.59 Å². The number of ether oxygens (including phenoxy) is 4. The van der Waals surface area contributed by atoms with E-state index in [1.54, 1.807) is 22.7 Å². The van der Waals surface area contributed by atoms with Crippen molar-refractivity contribution in [2.24, 2.45) is 0 Å². The number of benzene rings is 2. The predicted molar refractivity (Wildman–Crippen MR) is 184 cm³/mol. The Balaban J connectivity index is 0.712. The zero-order valence-electron chi connectivity index (χ0n) is 26.4. The van der Waals surface area contributed by atoms with Gasteiger partial charge in [-0.05, 0) is 82.6 Å². The molecule has 6 rings (SSSR count). The Bertz CT molecular complexity index is 1440. The van der Waals surface area contributed by atoms with Crippen LogP contribution in [0.3, 0.4) is 0 Å². The molecule has 2 fully saturated rings. The zero-order chi connectivity index (χ0) is 31.6. The molecule has 246 valence electrons. The summed E-state index contributed by atoms with van der Waals surface area (Å²) < 4.78 is 25.4. The van der Waals surface area contributed by atoms with Gasteiger partial charge in [0.2, 0.25) is 0 Å². The standard InChI is InChI=1S/C36H44N2O6S2/c39-35(43-31-23-37(24-31)13-1-15-41-17-9-27-3-5-33-29(21-27)11-19-45-33)7-8-36(40)44-32-25-38(26-32)14-2-16-42-18-10-28-4-6-34-30(22-28)12-20-46-34/h3-6,11-12,19-22,31-32H,1-2,7-10,13-18,23-26H2. The second-order valence-corrected chi connectivity index (χ2v) is 14.2. The quantitative estimate of drug-likeness (QED) is 0.0900. The Morgan fingerprint density at radius 2 is 1.09 bits per heavy atom. The van der Waals surface area contributed by atoms with Gasteiger partial charge in [0.15, 0.2) is 0 Å². The van der Waals surface area contributed by atoms with E-state index in [1.165, 1.54) is 31.3 Å². The summed E-state index contributed by atoms with van der Waals surface area (Å²) in [5.74, 6) is -0.652. The number of hydrogen-bond acceptors (Lipinski definition) is 10. The van der Waals surface area contributed by atoms with Gasteiger partial charge in [-0.3, -0.25) is 19.4 Å². The molecule has 0 radical (unpaired) electrons. The third-order valence-electron chi connectivity index (χ3n) is 8.61. The van der Waals surface area contributed by atoms with Crippen molar-refractivity contribution in [3.05, 3.63) is 70.4 Å². The van der Waals surface area contributed by atoms with Crippen LogP contribution >= 0.6 is 22.7 Å². The van der Waals surface area contributed by atoms with E-state index in [0.717, 1.165) is 91.4 Å². The van der Waals surface area contributed by atoms with Crippen LogP contribution in [0.5, 0.6) is 0 Å². The second-order valence-electron chi connectivity index (χ2n) is 12.3. The summed E-state index contributed by atoms with van der Waals surface area (Å²) in [6.07, 6.45) is 3.71. The van der Waals surface area contributed by atoms with E-state index in [-0.39, 0.29) is 37.0 Å². The number of esters is 2. The van der Waals surface area contributed by atoms with Crippen LogP contribution in [0.25, 0.3) is 20.2 Å². The highest BCUT2D eigenvalue weighted by molar-refractivity contribution is 7.17. The van der Waals surface area contributed by atoms with Gasteiger partial charge in [0.25, 0.3) is 0 Å². The molecular weight excluding hydrogens is 621 g/mol. The van der Waals surface area contributed by atoms with Gasteiger partial charge in [-0.2, -0.15) is 0 Å². The van der Waals surface area contributed by atoms with Crippen molar-refractivity contribution >= 4 is 54.8 Å². The lowest BCUT2D eigenvalue weighted by atomic mass is 10.1. The van der Waals surface area contributed by atoms with Gasteiger partial charge in [0.05, 0.1) is 26.1 Å². The van der Waals surface area contributed by atoms with Crippen LogP contribution in [0.2, 0.25) is 0 Å². The lowest BCUT2D eigenvalue weighted by molar-refractivity contribution is -0.164. The number of thiophene rings is 2. The van der Waals surface area contributed by atoms with Crippen LogP contribution in [0.1, 0.15) is 36.8 Å². The Kier molecular flexibility index (Phi) is 12.1. The summed E-state index contributed by atoms with van der Waals surface area (Å²) in [4.78, 5) is 29.0. The average molecular weight is 665 g/mol. The Morgan fingerprint density at radius 1 is 0.630 bits per heavy atom. The number of hydrogen-bond donors (Lipinski definition) is 0. The third kappa shape index (κ3) is 9.82. The number of carbonyl (C=O) groups excluding carboxylic acids is 2. The van der Waals surface area contributed by atoms with Crippen LogP contribution in [-0.4, -0.2) is 99.6 Å². The molecule has 0 unspecified atom stereocenters. The Hall–Kier alpha value is -2.86. The molecule has 4 heterocycles. The zero-order valence-corrected chi connectivity index (χ0v) is 28.0. The van der Waals surface area contributed by atoms with E-state index < -0.39 is 0 Å². The molecular formula is C36H44N2O6S2. The number of rotatable bonds is 19. The molecule has 0 N–H and O–H groups in total. The molecule has 10 heteroatoms. The van der Waals surface area contributed by atoms with E-state index in [0.29, 0.717) is 0 Å². The molecule has 46 heavy (non-hydrogen) atoms. The van der Waals surface area contributed by atoms with Crippen molar-refractivity contribution in [2.45, 2.75) is 50.7 Å². The fourth-order valence-corrected chi connectivity index (χ4v) is 7.50. The van der Waals surface area contributed by atoms with E-state index in [4.69, 9.17) is 18.9 Å². The Labute approximate surface area is 279 Å². The topological polar surface area (TPSA) is 77.5 Å². The van der Waals surface area contributed by atoms with Gasteiger partial charge in [-0.15, -0.1) is 22.7 Å². The molecule has 2 aromatic heterocycles. The van der Waals surface area contributed by atoms with Gasteiger partial charge >= 0.3 is 11.9 Å². The fourth-order valence-electron chi connectivity index (χ4n) is 5.96. The van der Waals surface area contributed by atoms with Crippen molar-refractivity contribution in [3.63, 3.8) is 0 Å². The van der Waals surface area contributed by atoms with Crippen molar-refractivity contribution in [1.29, 1.82) is 0 Å². The van der Waals surface area contributed by atoms with E-state index in [2.05, 4.69) is 69.1 Å². The molecule has 2 aromatic carbocycles. The molecule has 0 aliphatic carbocycles. The van der Waals surface area contributed by atoms with Crippen LogP contribution in [0.15, 0.2) is 59.3 Å². The number of carbonyl (C=O) groups is 2. The minimum atomic E-state index is -0.326. The van der Waals surface area contributed by atoms with Crippen molar-refractivity contribution in [3.8, 4) is 0 Å². The summed E-state index contributed by atoms with van der Waals surface area (Å²) >= 11 is 3.54. The van der Waals surface area contributed by atoms with Gasteiger partial charge in [0, 0.05) is 61.9 Å². The van der Waals surface area contributed by atoms with Crippen LogP contribution in [-0.2, 0) is 41.4 Å². The monoisotopic (exact) mass is 664 g/mol. The van der Waals surface area contributed by atoms with Crippen LogP contribution in [0.4, 0.5) is 0 Å². The minimum Gasteiger partial charge on any atom is -0.460 e. The highest BCUT2D eigenvalue weighted by Crippen LogP contribution is 2.23. The Morgan fingerprint density at radius 3 is 1.54 bits per heavy atom. The maximum atomic E-state index is 12.2. The smallest absolute Gasteiger partial charge is 0.306 e. The summed E-state index contributed by atoms with van der Waals surface area (Å²) in [5, 5.41) is 6.86. The number of likely N-dealkylation sites (tertiary alicyclic amines) is 2. The molecule has 2 aliphatic heterocycles. The third-order valence-corrected chi connectivity index (χ3v) is 10.4. The lowest BCUT2D eigenvalue weighted by Crippen LogP contribution is -2.53. The largest absolute Gasteiger partial charge is 0.460 e. The van der Waals surface area contributed by atoms with Crippen LogP contribution < -0.4 is 0 Å². The molecule has 2 aliphatic rings. The number of fused-ring (bicyclic) bond motifs is 2. The first-order valence-electron chi connectivity index (χ1n) is 16.5. The number of nitrogens with zero attached hydrogens (tertiary/aromatic N) is 2. The van der Waals surface area contributed by atoms with E-state index in [1.807, 2.05) is 0 Å². The van der Waals surface area contributed by atoms with Crippen LogP contribution in [0, 0.1) is 0 Å². The highest BCUT2D eigenvalue weighted by Gasteiger charge is 2.31. The SMILES string of the molecule is O=C(CCC(=O)OC1CN(CCCOCCc2ccc3sccc3c2)C1)OC1CN(CCCOCCc2ccc3sccc3c2)C1. The first kappa shape index (κ1) is 33.1. The molecule has 0 spiro atoms. The minimum absolute atomic E-state index is 0.0669. The highest BCUT2D eigenvalue weighted by atomic mass is 32.1. The molecule has 0 amide bonds. The normalized spacial score (nSPS) is 16.1. The molecule has 0 bridgehead atoms. The first-order chi connectivity index (χ1) is 22.6. The molecule has 4 aromatic rings. The molecule has 8 nitrogen and oxygen atoms in total. The molecule has 0 atom stereocenters. The van der Waals surface area contributed by atoms with Gasteiger partial charge in [0.1, 0.15) is 12.2 Å². The van der Waals surface area contributed by atoms with Crippen molar-refractivity contribution in [2.75, 3.05) is 65.7 Å². The molecule has 2 saturated heterocycles. The lowest BCUT2D eigenvalue weighted by Gasteiger charge is -2.38. The first-order valence-corrected chi connectivity index (χ1v) is 18.2. The van der Waals surface area contributed by atoms with E-state index >= 15 is 0 Å². The fraction of sp³-hybridized carbons (Fsp3) is 0.500. The summed E-state index contributed by atoms with van der Waals surface area (Å²) in [5.41, 5.74) is 2.62.